The van der Waals surface area contributed by atoms with Crippen LogP contribution in [0.4, 0.5) is 4.39 Å². The molecule has 1 atom stereocenters. The second-order valence-corrected chi connectivity index (χ2v) is 8.08. The van der Waals surface area contributed by atoms with Crippen molar-refractivity contribution in [3.63, 3.8) is 0 Å². The van der Waals surface area contributed by atoms with Crippen LogP contribution in [0.25, 0.3) is 16.8 Å². The summed E-state index contributed by atoms with van der Waals surface area (Å²) in [5.41, 5.74) is 2.41. The van der Waals surface area contributed by atoms with Gasteiger partial charge in [0, 0.05) is 36.3 Å². The van der Waals surface area contributed by atoms with Gasteiger partial charge < -0.3 is 9.64 Å². The van der Waals surface area contributed by atoms with Crippen LogP contribution in [0.3, 0.4) is 0 Å². The number of fused-ring (bicyclic) bond motifs is 1. The number of likely N-dealkylation sites (tertiary alicyclic amines) is 1. The Morgan fingerprint density at radius 2 is 2.07 bits per heavy atom. The highest BCUT2D eigenvalue weighted by atomic mass is 19.1. The Labute approximate surface area is 164 Å². The van der Waals surface area contributed by atoms with Gasteiger partial charge in [0.25, 0.3) is 0 Å². The van der Waals surface area contributed by atoms with Crippen molar-refractivity contribution in [2.45, 2.75) is 31.6 Å². The summed E-state index contributed by atoms with van der Waals surface area (Å²) in [5, 5.41) is 4.77. The molecule has 1 saturated carbocycles. The van der Waals surface area contributed by atoms with Crippen molar-refractivity contribution >= 4 is 5.65 Å². The molecule has 0 amide bonds. The summed E-state index contributed by atoms with van der Waals surface area (Å²) < 4.78 is 21.0. The lowest BCUT2D eigenvalue weighted by atomic mass is 9.97. The Morgan fingerprint density at radius 1 is 1.18 bits per heavy atom. The van der Waals surface area contributed by atoms with Gasteiger partial charge in [-0.3, -0.25) is 0 Å². The van der Waals surface area contributed by atoms with Gasteiger partial charge in [0.1, 0.15) is 11.6 Å². The zero-order valence-electron chi connectivity index (χ0n) is 16.1. The van der Waals surface area contributed by atoms with E-state index in [-0.39, 0.29) is 5.82 Å². The molecule has 3 aromatic rings. The molecule has 1 aliphatic heterocycles. The van der Waals surface area contributed by atoms with Crippen LogP contribution >= 0.6 is 0 Å². The zero-order valence-corrected chi connectivity index (χ0v) is 16.1. The summed E-state index contributed by atoms with van der Waals surface area (Å²) >= 11 is 0. The fourth-order valence-electron chi connectivity index (χ4n) is 4.24. The maximum atomic E-state index is 13.8. The fourth-order valence-corrected chi connectivity index (χ4v) is 4.24. The average Bonchev–Trinajstić information content (AvgIpc) is 3.42. The van der Waals surface area contributed by atoms with Crippen molar-refractivity contribution in [2.24, 2.45) is 5.92 Å². The number of halogens is 1. The third-order valence-corrected chi connectivity index (χ3v) is 5.90. The number of benzene rings is 1. The van der Waals surface area contributed by atoms with Crippen molar-refractivity contribution in [3.8, 4) is 16.9 Å². The maximum absolute atomic E-state index is 13.8. The lowest BCUT2D eigenvalue weighted by molar-refractivity contribution is 0.197. The zero-order chi connectivity index (χ0) is 19.1. The maximum Gasteiger partial charge on any atom is 0.156 e. The average molecular weight is 380 g/mol. The van der Waals surface area contributed by atoms with Crippen LogP contribution < -0.4 is 4.74 Å². The highest BCUT2D eigenvalue weighted by Gasteiger charge is 2.29. The molecule has 146 valence electrons. The van der Waals surface area contributed by atoms with E-state index in [9.17, 15) is 4.39 Å². The van der Waals surface area contributed by atoms with Crippen LogP contribution in [0, 0.1) is 11.7 Å². The van der Waals surface area contributed by atoms with Crippen LogP contribution in [0.15, 0.2) is 36.5 Å². The molecule has 6 heteroatoms. The van der Waals surface area contributed by atoms with Crippen LogP contribution in [-0.4, -0.2) is 46.2 Å². The monoisotopic (exact) mass is 380 g/mol. The molecule has 1 aromatic carbocycles. The molecule has 0 spiro atoms. The van der Waals surface area contributed by atoms with E-state index in [1.54, 1.807) is 13.2 Å². The summed E-state index contributed by atoms with van der Waals surface area (Å²) in [6, 6.07) is 8.45. The van der Waals surface area contributed by atoms with E-state index in [0.717, 1.165) is 41.5 Å². The molecule has 1 saturated heterocycles. The van der Waals surface area contributed by atoms with E-state index in [1.807, 2.05) is 22.8 Å². The number of pyridine rings is 1. The van der Waals surface area contributed by atoms with E-state index < -0.39 is 0 Å². The minimum absolute atomic E-state index is 0.284. The molecular formula is C22H25FN4O. The second kappa shape index (κ2) is 7.17. The molecule has 1 unspecified atom stereocenters. The first-order chi connectivity index (χ1) is 13.7. The smallest absolute Gasteiger partial charge is 0.156 e. The van der Waals surface area contributed by atoms with E-state index in [2.05, 4.69) is 4.90 Å². The van der Waals surface area contributed by atoms with Gasteiger partial charge in [-0.15, -0.1) is 0 Å². The highest BCUT2D eigenvalue weighted by molar-refractivity contribution is 5.71. The Hall–Kier alpha value is -2.47. The first kappa shape index (κ1) is 17.6. The standard InChI is InChI=1S/C22H25FN4O/c1-28-20-8-7-18(23)11-19(20)16-6-9-21-24-22(25-27(21)14-16)17-3-2-10-26(13-17)12-15-4-5-15/h6-9,11,14-15,17H,2-5,10,12-13H2,1H3. The largest absolute Gasteiger partial charge is 0.496 e. The van der Waals surface area contributed by atoms with Crippen molar-refractivity contribution < 1.29 is 9.13 Å². The molecule has 2 aliphatic rings. The van der Waals surface area contributed by atoms with Crippen LogP contribution in [0.5, 0.6) is 5.75 Å². The minimum Gasteiger partial charge on any atom is -0.496 e. The number of piperidine rings is 1. The van der Waals surface area contributed by atoms with Crippen molar-refractivity contribution in [2.75, 3.05) is 26.7 Å². The molecule has 3 heterocycles. The molecule has 5 rings (SSSR count). The summed E-state index contributed by atoms with van der Waals surface area (Å²) in [7, 11) is 1.60. The Bertz CT molecular complexity index is 997. The third kappa shape index (κ3) is 3.49. The van der Waals surface area contributed by atoms with E-state index in [4.69, 9.17) is 14.8 Å². The van der Waals surface area contributed by atoms with Crippen LogP contribution in [0.1, 0.15) is 37.4 Å². The van der Waals surface area contributed by atoms with Gasteiger partial charge in [0.2, 0.25) is 0 Å². The molecular weight excluding hydrogens is 355 g/mol. The number of hydrogen-bond donors (Lipinski definition) is 0. The predicted molar refractivity (Wildman–Crippen MR) is 106 cm³/mol. The van der Waals surface area contributed by atoms with E-state index >= 15 is 0 Å². The molecule has 0 bridgehead atoms. The number of ether oxygens (including phenoxy) is 1. The van der Waals surface area contributed by atoms with Crippen LogP contribution in [-0.2, 0) is 0 Å². The lowest BCUT2D eigenvalue weighted by Crippen LogP contribution is -2.36. The molecule has 1 aliphatic carbocycles. The summed E-state index contributed by atoms with van der Waals surface area (Å²) in [6.45, 7) is 3.48. The third-order valence-electron chi connectivity index (χ3n) is 5.90. The Kier molecular flexibility index (Phi) is 4.51. The summed E-state index contributed by atoms with van der Waals surface area (Å²) in [6.07, 6.45) is 7.04. The summed E-state index contributed by atoms with van der Waals surface area (Å²) in [5.74, 6) is 2.58. The number of methoxy groups -OCH3 is 1. The minimum atomic E-state index is -0.284. The number of hydrogen-bond acceptors (Lipinski definition) is 4. The highest BCUT2D eigenvalue weighted by Crippen LogP contribution is 2.33. The van der Waals surface area contributed by atoms with Gasteiger partial charge in [0.05, 0.1) is 7.11 Å². The van der Waals surface area contributed by atoms with Crippen molar-refractivity contribution in [1.29, 1.82) is 0 Å². The molecule has 2 fully saturated rings. The van der Waals surface area contributed by atoms with E-state index in [0.29, 0.717) is 11.7 Å². The van der Waals surface area contributed by atoms with Gasteiger partial charge in [0.15, 0.2) is 11.5 Å². The van der Waals surface area contributed by atoms with E-state index in [1.165, 1.54) is 44.5 Å². The Balaban J connectivity index is 1.43. The van der Waals surface area contributed by atoms with Crippen molar-refractivity contribution in [3.05, 3.63) is 48.2 Å². The Morgan fingerprint density at radius 3 is 2.89 bits per heavy atom. The normalized spacial score (nSPS) is 20.6. The number of aromatic nitrogens is 3. The summed E-state index contributed by atoms with van der Waals surface area (Å²) in [4.78, 5) is 7.36. The van der Waals surface area contributed by atoms with Crippen LogP contribution in [0.2, 0.25) is 0 Å². The SMILES string of the molecule is COc1ccc(F)cc1-c1ccc2nc(C3CCCN(CC4CC4)C3)nn2c1. The molecule has 28 heavy (non-hydrogen) atoms. The molecule has 2 aromatic heterocycles. The van der Waals surface area contributed by atoms with Gasteiger partial charge in [-0.25, -0.2) is 13.9 Å². The predicted octanol–water partition coefficient (Wildman–Crippen LogP) is 4.13. The topological polar surface area (TPSA) is 42.7 Å². The lowest BCUT2D eigenvalue weighted by Gasteiger charge is -2.31. The molecule has 0 radical (unpaired) electrons. The molecule has 0 N–H and O–H groups in total. The van der Waals surface area contributed by atoms with Gasteiger partial charge >= 0.3 is 0 Å². The van der Waals surface area contributed by atoms with Crippen molar-refractivity contribution in [1.82, 2.24) is 19.5 Å². The first-order valence-electron chi connectivity index (χ1n) is 10.1. The van der Waals surface area contributed by atoms with Gasteiger partial charge in [-0.1, -0.05) is 0 Å². The second-order valence-electron chi connectivity index (χ2n) is 8.08. The van der Waals surface area contributed by atoms with Gasteiger partial charge in [-0.2, -0.15) is 5.10 Å². The quantitative estimate of drug-likeness (QED) is 0.667. The van der Waals surface area contributed by atoms with Gasteiger partial charge in [-0.05, 0) is 68.5 Å². The molecule has 5 nitrogen and oxygen atoms in total. The number of nitrogens with zero attached hydrogens (tertiary/aromatic N) is 4. The number of rotatable bonds is 5. The first-order valence-corrected chi connectivity index (χ1v) is 10.1. The fraction of sp³-hybridized carbons (Fsp3) is 0.455.